The number of rotatable bonds is 3. The van der Waals surface area contributed by atoms with Gasteiger partial charge in [-0.05, 0) is 39.5 Å². The van der Waals surface area contributed by atoms with Crippen LogP contribution in [0, 0.1) is 11.8 Å². The van der Waals surface area contributed by atoms with Crippen molar-refractivity contribution < 1.29 is 19.4 Å². The number of carbonyl (C=O) groups is 2. The third-order valence-corrected chi connectivity index (χ3v) is 3.55. The van der Waals surface area contributed by atoms with Gasteiger partial charge < -0.3 is 15.2 Å². The molecule has 1 amide bonds. The first kappa shape index (κ1) is 15.8. The van der Waals surface area contributed by atoms with E-state index in [0.29, 0.717) is 0 Å². The molecule has 1 saturated carbocycles. The van der Waals surface area contributed by atoms with Crippen LogP contribution in [-0.4, -0.2) is 28.8 Å². The van der Waals surface area contributed by atoms with E-state index >= 15 is 0 Å². The van der Waals surface area contributed by atoms with Gasteiger partial charge >= 0.3 is 12.1 Å². The predicted octanol–water partition coefficient (Wildman–Crippen LogP) is 2.79. The topological polar surface area (TPSA) is 75.6 Å². The first-order valence-corrected chi connectivity index (χ1v) is 6.93. The normalized spacial score (nSPS) is 25.5. The van der Waals surface area contributed by atoms with Gasteiger partial charge in [-0.3, -0.25) is 4.79 Å². The lowest BCUT2D eigenvalue weighted by atomic mass is 9.77. The number of aliphatic carboxylic acids is 1. The molecule has 0 aromatic carbocycles. The summed E-state index contributed by atoms with van der Waals surface area (Å²) in [6.45, 7) is 7.14. The molecule has 1 aliphatic rings. The highest BCUT2D eigenvalue weighted by atomic mass is 16.6. The minimum absolute atomic E-state index is 0.0150. The van der Waals surface area contributed by atoms with E-state index < -0.39 is 23.6 Å². The first-order chi connectivity index (χ1) is 8.70. The maximum Gasteiger partial charge on any atom is 0.407 e. The molecular formula is C14H25NO4. The molecule has 5 nitrogen and oxygen atoms in total. The minimum atomic E-state index is -0.803. The largest absolute Gasteiger partial charge is 0.481 e. The summed E-state index contributed by atoms with van der Waals surface area (Å²) in [5.74, 6) is -1.26. The van der Waals surface area contributed by atoms with Crippen LogP contribution in [0.1, 0.15) is 53.4 Å². The van der Waals surface area contributed by atoms with Gasteiger partial charge in [0.1, 0.15) is 5.60 Å². The molecule has 0 aromatic rings. The third kappa shape index (κ3) is 5.09. The first-order valence-electron chi connectivity index (χ1n) is 6.93. The number of amides is 1. The van der Waals surface area contributed by atoms with Crippen molar-refractivity contribution in [3.63, 3.8) is 0 Å². The molecule has 2 N–H and O–H groups in total. The van der Waals surface area contributed by atoms with Crippen molar-refractivity contribution in [1.29, 1.82) is 0 Å². The van der Waals surface area contributed by atoms with E-state index in [-0.39, 0.29) is 12.0 Å². The molecule has 0 heterocycles. The van der Waals surface area contributed by atoms with Gasteiger partial charge in [-0.1, -0.05) is 19.8 Å². The highest BCUT2D eigenvalue weighted by molar-refractivity contribution is 5.71. The van der Waals surface area contributed by atoms with Crippen molar-refractivity contribution in [1.82, 2.24) is 5.32 Å². The van der Waals surface area contributed by atoms with Gasteiger partial charge in [-0.25, -0.2) is 4.79 Å². The number of hydrogen-bond acceptors (Lipinski definition) is 3. The number of hydrogen-bond donors (Lipinski definition) is 2. The minimum Gasteiger partial charge on any atom is -0.481 e. The number of nitrogens with one attached hydrogen (secondary N) is 1. The van der Waals surface area contributed by atoms with Crippen molar-refractivity contribution in [3.8, 4) is 0 Å². The molecular weight excluding hydrogens is 246 g/mol. The summed E-state index contributed by atoms with van der Waals surface area (Å²) in [6.07, 6.45) is 3.25. The summed E-state index contributed by atoms with van der Waals surface area (Å²) >= 11 is 0. The molecule has 1 fully saturated rings. The van der Waals surface area contributed by atoms with Crippen molar-refractivity contribution >= 4 is 12.1 Å². The van der Waals surface area contributed by atoms with E-state index in [1.165, 1.54) is 0 Å². The molecule has 0 radical (unpaired) electrons. The summed E-state index contributed by atoms with van der Waals surface area (Å²) in [6, 6.07) is -0.102. The van der Waals surface area contributed by atoms with Crippen molar-refractivity contribution in [2.24, 2.45) is 11.8 Å². The lowest BCUT2D eigenvalue weighted by Crippen LogP contribution is -2.47. The van der Waals surface area contributed by atoms with Gasteiger partial charge in [0.2, 0.25) is 0 Å². The average molecular weight is 271 g/mol. The van der Waals surface area contributed by atoms with Crippen LogP contribution in [0.4, 0.5) is 4.79 Å². The second-order valence-corrected chi connectivity index (χ2v) is 6.33. The summed E-state index contributed by atoms with van der Waals surface area (Å²) in [7, 11) is 0. The van der Waals surface area contributed by atoms with Crippen molar-refractivity contribution in [3.05, 3.63) is 0 Å². The number of alkyl carbamates (subject to hydrolysis) is 1. The highest BCUT2D eigenvalue weighted by Gasteiger charge is 2.34. The summed E-state index contributed by atoms with van der Waals surface area (Å²) in [4.78, 5) is 22.9. The average Bonchev–Trinajstić information content (AvgIpc) is 2.26. The Morgan fingerprint density at radius 2 is 1.84 bits per heavy atom. The van der Waals surface area contributed by atoms with Gasteiger partial charge in [0.05, 0.1) is 5.92 Å². The van der Waals surface area contributed by atoms with E-state index in [1.807, 2.05) is 20.8 Å². The lowest BCUT2D eigenvalue weighted by Gasteiger charge is -2.35. The fraction of sp³-hybridized carbons (Fsp3) is 0.857. The third-order valence-electron chi connectivity index (χ3n) is 3.55. The van der Waals surface area contributed by atoms with Gasteiger partial charge in [0.25, 0.3) is 0 Å². The fourth-order valence-corrected chi connectivity index (χ4v) is 2.58. The van der Waals surface area contributed by atoms with Gasteiger partial charge in [-0.15, -0.1) is 0 Å². The Balaban J connectivity index is 2.62. The molecule has 5 heteroatoms. The number of carboxylic acid groups (broad SMARTS) is 1. The molecule has 0 saturated heterocycles. The lowest BCUT2D eigenvalue weighted by molar-refractivity contribution is -0.143. The van der Waals surface area contributed by atoms with E-state index in [9.17, 15) is 9.59 Å². The quantitative estimate of drug-likeness (QED) is 0.827. The zero-order chi connectivity index (χ0) is 14.6. The molecule has 0 unspecified atom stereocenters. The van der Waals surface area contributed by atoms with E-state index in [2.05, 4.69) is 5.32 Å². The molecule has 0 bridgehead atoms. The highest BCUT2D eigenvalue weighted by Crippen LogP contribution is 2.30. The van der Waals surface area contributed by atoms with E-state index in [4.69, 9.17) is 9.84 Å². The van der Waals surface area contributed by atoms with Gasteiger partial charge in [-0.2, -0.15) is 0 Å². The Bertz CT molecular complexity index is 335. The Morgan fingerprint density at radius 3 is 2.37 bits per heavy atom. The summed E-state index contributed by atoms with van der Waals surface area (Å²) in [5.41, 5.74) is -0.535. The van der Waals surface area contributed by atoms with Crippen LogP contribution < -0.4 is 5.32 Å². The Hall–Kier alpha value is -1.26. The zero-order valence-electron chi connectivity index (χ0n) is 12.2. The van der Waals surface area contributed by atoms with Gasteiger partial charge in [0.15, 0.2) is 0 Å². The SMILES string of the molecule is C[C@H](C(=O)O)[C@@H]1CCCC[C@H]1NC(=O)OC(C)(C)C. The smallest absolute Gasteiger partial charge is 0.407 e. The Morgan fingerprint density at radius 1 is 1.26 bits per heavy atom. The molecule has 1 rings (SSSR count). The Labute approximate surface area is 114 Å². The maximum absolute atomic E-state index is 11.8. The van der Waals surface area contributed by atoms with Crippen LogP contribution in [0.3, 0.4) is 0 Å². The number of carbonyl (C=O) groups excluding carboxylic acids is 1. The van der Waals surface area contributed by atoms with E-state index in [1.54, 1.807) is 6.92 Å². The van der Waals surface area contributed by atoms with E-state index in [0.717, 1.165) is 25.7 Å². The van der Waals surface area contributed by atoms with Crippen LogP contribution in [0.2, 0.25) is 0 Å². The van der Waals surface area contributed by atoms with Crippen LogP contribution in [-0.2, 0) is 9.53 Å². The molecule has 19 heavy (non-hydrogen) atoms. The molecule has 110 valence electrons. The monoisotopic (exact) mass is 271 g/mol. The van der Waals surface area contributed by atoms with Crippen molar-refractivity contribution in [2.45, 2.75) is 65.0 Å². The standard InChI is InChI=1S/C14H25NO4/c1-9(12(16)17)10-7-5-6-8-11(10)15-13(18)19-14(2,3)4/h9-11H,5-8H2,1-4H3,(H,15,18)(H,16,17)/t9-,10-,11+/m0/s1. The molecule has 0 spiro atoms. The summed E-state index contributed by atoms with van der Waals surface area (Å²) < 4.78 is 5.23. The maximum atomic E-state index is 11.8. The van der Waals surface area contributed by atoms with Crippen LogP contribution in [0.15, 0.2) is 0 Å². The zero-order valence-corrected chi connectivity index (χ0v) is 12.2. The Kier molecular flexibility index (Phi) is 5.20. The predicted molar refractivity (Wildman–Crippen MR) is 71.9 cm³/mol. The summed E-state index contributed by atoms with van der Waals surface area (Å²) in [5, 5.41) is 12.0. The van der Waals surface area contributed by atoms with Crippen molar-refractivity contribution in [2.75, 3.05) is 0 Å². The molecule has 0 aromatic heterocycles. The second kappa shape index (κ2) is 6.26. The number of ether oxygens (including phenoxy) is 1. The molecule has 1 aliphatic carbocycles. The van der Waals surface area contributed by atoms with Crippen LogP contribution in [0.25, 0.3) is 0 Å². The number of carboxylic acids is 1. The molecule has 0 aliphatic heterocycles. The fourth-order valence-electron chi connectivity index (χ4n) is 2.58. The van der Waals surface area contributed by atoms with Crippen LogP contribution >= 0.6 is 0 Å². The van der Waals surface area contributed by atoms with Gasteiger partial charge in [0, 0.05) is 6.04 Å². The second-order valence-electron chi connectivity index (χ2n) is 6.33. The molecule has 3 atom stereocenters. The van der Waals surface area contributed by atoms with Crippen LogP contribution in [0.5, 0.6) is 0 Å².